The summed E-state index contributed by atoms with van der Waals surface area (Å²) in [7, 11) is 0. The highest BCUT2D eigenvalue weighted by molar-refractivity contribution is 5.76. The van der Waals surface area contributed by atoms with E-state index in [0.29, 0.717) is 6.42 Å². The lowest BCUT2D eigenvalue weighted by Crippen LogP contribution is -2.60. The van der Waals surface area contributed by atoms with Gasteiger partial charge in [0.05, 0.1) is 25.4 Å². The van der Waals surface area contributed by atoms with E-state index < -0.39 is 49.5 Å². The summed E-state index contributed by atoms with van der Waals surface area (Å²) in [6.07, 6.45) is 68.2. The molecule has 9 heteroatoms. The van der Waals surface area contributed by atoms with E-state index in [9.17, 15) is 30.3 Å². The van der Waals surface area contributed by atoms with Crippen molar-refractivity contribution >= 4 is 5.91 Å². The number of carbonyl (C=O) groups excluding carboxylic acids is 1. The van der Waals surface area contributed by atoms with Crippen molar-refractivity contribution < 1.29 is 39.8 Å². The van der Waals surface area contributed by atoms with Gasteiger partial charge in [-0.25, -0.2) is 0 Å². The van der Waals surface area contributed by atoms with Crippen molar-refractivity contribution in [3.8, 4) is 0 Å². The molecule has 0 bridgehead atoms. The fourth-order valence-corrected chi connectivity index (χ4v) is 10.7. The molecule has 0 aromatic heterocycles. The maximum atomic E-state index is 13.1. The Labute approximate surface area is 470 Å². The molecule has 1 aliphatic rings. The third kappa shape index (κ3) is 45.2. The zero-order valence-corrected chi connectivity index (χ0v) is 50.0. The smallest absolute Gasteiger partial charge is 0.220 e. The predicted octanol–water partition coefficient (Wildman–Crippen LogP) is 17.5. The Morgan fingerprint density at radius 3 is 1.11 bits per heavy atom. The Balaban J connectivity index is 2.17. The molecule has 6 N–H and O–H groups in total. The van der Waals surface area contributed by atoms with Crippen LogP contribution in [0, 0.1) is 0 Å². The van der Waals surface area contributed by atoms with Gasteiger partial charge in [0.15, 0.2) is 6.29 Å². The second kappa shape index (κ2) is 56.7. The molecule has 7 atom stereocenters. The Hall–Kier alpha value is -1.59. The van der Waals surface area contributed by atoms with E-state index in [2.05, 4.69) is 43.5 Å². The van der Waals surface area contributed by atoms with Gasteiger partial charge in [-0.1, -0.05) is 314 Å². The van der Waals surface area contributed by atoms with Crippen molar-refractivity contribution in [2.45, 2.75) is 371 Å². The summed E-state index contributed by atoms with van der Waals surface area (Å²) in [6.45, 7) is 3.81. The highest BCUT2D eigenvalue weighted by Gasteiger charge is 2.44. The number of rotatable bonds is 58. The number of hydrogen-bond acceptors (Lipinski definition) is 8. The molecule has 0 spiro atoms. The summed E-state index contributed by atoms with van der Waals surface area (Å²) in [6, 6.07) is -0.827. The van der Waals surface area contributed by atoms with E-state index in [4.69, 9.17) is 9.47 Å². The van der Waals surface area contributed by atoms with Crippen molar-refractivity contribution in [1.29, 1.82) is 0 Å². The minimum atomic E-state index is -1.57. The SMILES string of the molecule is CCCCCCCCCCCCCCCCCCCCCCCCC/C=C/CC/C=C/CC/C=C/C(O)C(COC1OC(CO)C(O)C(O)C1O)NC(=O)CCCCCCCCCCCCCCCCCCCCCC. The highest BCUT2D eigenvalue weighted by atomic mass is 16.7. The Bertz CT molecular complexity index is 1290. The molecular formula is C67H127NO8. The van der Waals surface area contributed by atoms with Crippen LogP contribution < -0.4 is 5.32 Å². The summed E-state index contributed by atoms with van der Waals surface area (Å²) in [5.74, 6) is -0.185. The van der Waals surface area contributed by atoms with E-state index in [1.54, 1.807) is 6.08 Å². The molecule has 1 rings (SSSR count). The van der Waals surface area contributed by atoms with Crippen molar-refractivity contribution in [2.24, 2.45) is 0 Å². The van der Waals surface area contributed by atoms with Gasteiger partial charge in [0.25, 0.3) is 0 Å². The molecule has 9 nitrogen and oxygen atoms in total. The van der Waals surface area contributed by atoms with Gasteiger partial charge in [-0.3, -0.25) is 4.79 Å². The predicted molar refractivity (Wildman–Crippen MR) is 323 cm³/mol. The second-order valence-electron chi connectivity index (χ2n) is 23.3. The first-order valence-corrected chi connectivity index (χ1v) is 33.2. The molecule has 0 saturated carbocycles. The zero-order valence-electron chi connectivity index (χ0n) is 50.0. The summed E-state index contributed by atoms with van der Waals surface area (Å²) >= 11 is 0. The third-order valence-corrected chi connectivity index (χ3v) is 15.9. The van der Waals surface area contributed by atoms with Gasteiger partial charge in [-0.15, -0.1) is 0 Å². The van der Waals surface area contributed by atoms with Crippen LogP contribution in [0.4, 0.5) is 0 Å². The summed E-state index contributed by atoms with van der Waals surface area (Å²) in [4.78, 5) is 13.1. The van der Waals surface area contributed by atoms with Crippen LogP contribution in [-0.2, 0) is 14.3 Å². The first kappa shape index (κ1) is 72.4. The topological polar surface area (TPSA) is 149 Å². The van der Waals surface area contributed by atoms with Crippen LogP contribution in [0.15, 0.2) is 36.5 Å². The number of aliphatic hydroxyl groups is 5. The maximum absolute atomic E-state index is 13.1. The number of aliphatic hydroxyl groups excluding tert-OH is 5. The molecule has 1 amide bonds. The number of nitrogens with one attached hydrogen (secondary N) is 1. The van der Waals surface area contributed by atoms with Gasteiger partial charge < -0.3 is 40.3 Å². The lowest BCUT2D eigenvalue weighted by atomic mass is 9.99. The number of carbonyl (C=O) groups is 1. The molecule has 7 unspecified atom stereocenters. The summed E-state index contributed by atoms with van der Waals surface area (Å²) in [5.41, 5.74) is 0. The monoisotopic (exact) mass is 1070 g/mol. The minimum absolute atomic E-state index is 0.185. The summed E-state index contributed by atoms with van der Waals surface area (Å²) < 4.78 is 11.3. The average molecular weight is 1070 g/mol. The quantitative estimate of drug-likeness (QED) is 0.0261. The van der Waals surface area contributed by atoms with Crippen LogP contribution in [0.2, 0.25) is 0 Å². The van der Waals surface area contributed by atoms with Gasteiger partial charge in [0.1, 0.15) is 24.4 Å². The van der Waals surface area contributed by atoms with Crippen molar-refractivity contribution in [2.75, 3.05) is 13.2 Å². The Morgan fingerprint density at radius 1 is 0.434 bits per heavy atom. The molecular weight excluding hydrogens is 947 g/mol. The molecule has 0 aliphatic carbocycles. The molecule has 448 valence electrons. The normalized spacial score (nSPS) is 19.0. The lowest BCUT2D eigenvalue weighted by molar-refractivity contribution is -0.302. The highest BCUT2D eigenvalue weighted by Crippen LogP contribution is 2.23. The molecule has 1 saturated heterocycles. The Morgan fingerprint density at radius 2 is 0.750 bits per heavy atom. The fourth-order valence-electron chi connectivity index (χ4n) is 10.7. The van der Waals surface area contributed by atoms with Gasteiger partial charge in [0.2, 0.25) is 5.91 Å². The average Bonchev–Trinajstić information content (AvgIpc) is 3.42. The third-order valence-electron chi connectivity index (χ3n) is 15.9. The Kier molecular flexibility index (Phi) is 54.0. The van der Waals surface area contributed by atoms with E-state index in [1.165, 1.54) is 263 Å². The number of unbranched alkanes of at least 4 members (excludes halogenated alkanes) is 44. The summed E-state index contributed by atoms with van der Waals surface area (Å²) in [5, 5.41) is 54.6. The molecule has 1 aliphatic heterocycles. The van der Waals surface area contributed by atoms with E-state index in [-0.39, 0.29) is 12.5 Å². The standard InChI is InChI=1S/C67H127NO8/c1-3-5-7-9-11-13-15-17-19-21-23-25-26-27-28-29-30-31-32-33-34-35-36-37-38-40-42-44-46-48-50-52-54-56-61(70)60(59-75-67-66(74)65(73)64(72)62(58-69)76-67)68-63(71)57-55-53-51-49-47-45-43-41-39-24-22-20-18-16-14-12-10-8-6-4-2/h38,40,46,48,54,56,60-62,64-67,69-70,72-74H,3-37,39,41-45,47,49-53,55,57-59H2,1-2H3,(H,68,71)/b40-38+,48-46+,56-54+. The van der Waals surface area contributed by atoms with Crippen molar-refractivity contribution in [3.05, 3.63) is 36.5 Å². The van der Waals surface area contributed by atoms with Crippen LogP contribution in [-0.4, -0.2) is 87.5 Å². The molecule has 1 heterocycles. The molecule has 76 heavy (non-hydrogen) atoms. The first-order valence-electron chi connectivity index (χ1n) is 33.2. The molecule has 0 aromatic carbocycles. The van der Waals surface area contributed by atoms with Gasteiger partial charge in [0, 0.05) is 6.42 Å². The van der Waals surface area contributed by atoms with Crippen LogP contribution in [0.5, 0.6) is 0 Å². The molecule has 0 radical (unpaired) electrons. The molecule has 1 fully saturated rings. The number of ether oxygens (including phenoxy) is 2. The molecule has 0 aromatic rings. The van der Waals surface area contributed by atoms with Crippen LogP contribution in [0.25, 0.3) is 0 Å². The maximum Gasteiger partial charge on any atom is 0.220 e. The van der Waals surface area contributed by atoms with E-state index in [0.717, 1.165) is 44.9 Å². The van der Waals surface area contributed by atoms with E-state index >= 15 is 0 Å². The van der Waals surface area contributed by atoms with Gasteiger partial charge >= 0.3 is 0 Å². The largest absolute Gasteiger partial charge is 0.394 e. The minimum Gasteiger partial charge on any atom is -0.394 e. The van der Waals surface area contributed by atoms with Crippen LogP contribution >= 0.6 is 0 Å². The van der Waals surface area contributed by atoms with E-state index in [1.807, 2.05) is 6.08 Å². The van der Waals surface area contributed by atoms with Crippen LogP contribution in [0.1, 0.15) is 328 Å². The number of amides is 1. The van der Waals surface area contributed by atoms with Crippen molar-refractivity contribution in [1.82, 2.24) is 5.32 Å². The van der Waals surface area contributed by atoms with Gasteiger partial charge in [-0.05, 0) is 44.9 Å². The number of hydrogen-bond donors (Lipinski definition) is 6. The second-order valence-corrected chi connectivity index (χ2v) is 23.3. The van der Waals surface area contributed by atoms with Gasteiger partial charge in [-0.2, -0.15) is 0 Å². The lowest BCUT2D eigenvalue weighted by Gasteiger charge is -2.40. The zero-order chi connectivity index (χ0) is 55.0. The van der Waals surface area contributed by atoms with Crippen molar-refractivity contribution in [3.63, 3.8) is 0 Å². The number of allylic oxidation sites excluding steroid dienone is 5. The first-order chi connectivity index (χ1) is 37.3. The fraction of sp³-hybridized carbons (Fsp3) is 0.896. The van der Waals surface area contributed by atoms with Crippen LogP contribution in [0.3, 0.4) is 0 Å².